The van der Waals surface area contributed by atoms with Crippen molar-refractivity contribution < 1.29 is 0 Å². The van der Waals surface area contributed by atoms with Crippen LogP contribution in [0.25, 0.3) is 0 Å². The van der Waals surface area contributed by atoms with Gasteiger partial charge in [-0.05, 0) is 6.42 Å². The molecule has 1 rings (SSSR count). The molecule has 0 unspecified atom stereocenters. The van der Waals surface area contributed by atoms with E-state index in [9.17, 15) is 0 Å². The Hall–Kier alpha value is -0.790. The number of hydrogen-bond donors (Lipinski definition) is 0. The van der Waals surface area contributed by atoms with Gasteiger partial charge in [0.2, 0.25) is 0 Å². The van der Waals surface area contributed by atoms with Crippen LogP contribution in [0.15, 0.2) is 12.5 Å². The summed E-state index contributed by atoms with van der Waals surface area (Å²) in [5, 5.41) is 0. The van der Waals surface area contributed by atoms with Crippen LogP contribution in [0, 0.1) is 0 Å². The monoisotopic (exact) mass is 170 g/mol. The third-order valence-electron chi connectivity index (χ3n) is 1.28. The van der Waals surface area contributed by atoms with E-state index in [0.29, 0.717) is 0 Å². The highest BCUT2D eigenvalue weighted by Crippen LogP contribution is 1.94. The van der Waals surface area contributed by atoms with Gasteiger partial charge in [-0.2, -0.15) is 0 Å². The minimum absolute atomic E-state index is 1.07. The molecule has 2 nitrogen and oxygen atoms in total. The van der Waals surface area contributed by atoms with E-state index in [-0.39, 0.29) is 0 Å². The largest absolute Gasteiger partial charge is 0.338 e. The Kier molecular flexibility index (Phi) is 11.7. The summed E-state index contributed by atoms with van der Waals surface area (Å²) in [5.74, 6) is 0. The maximum absolute atomic E-state index is 3.96. The highest BCUT2D eigenvalue weighted by Gasteiger charge is 1.89. The van der Waals surface area contributed by atoms with Crippen LogP contribution in [0.5, 0.6) is 0 Å². The van der Waals surface area contributed by atoms with Gasteiger partial charge in [-0.3, -0.25) is 0 Å². The molecule has 2 heteroatoms. The van der Waals surface area contributed by atoms with E-state index in [1.54, 1.807) is 0 Å². The van der Waals surface area contributed by atoms with Crippen molar-refractivity contribution in [1.82, 2.24) is 9.55 Å². The van der Waals surface area contributed by atoms with Crippen molar-refractivity contribution >= 4 is 0 Å². The Bertz CT molecular complexity index is 168. The van der Waals surface area contributed by atoms with Gasteiger partial charge < -0.3 is 4.57 Å². The first kappa shape index (κ1) is 13.8. The van der Waals surface area contributed by atoms with Crippen LogP contribution >= 0.6 is 0 Å². The van der Waals surface area contributed by atoms with Crippen molar-refractivity contribution in [3.63, 3.8) is 0 Å². The molecular weight excluding hydrogens is 148 g/mol. The molecular formula is C10H22N2. The van der Waals surface area contributed by atoms with Crippen molar-refractivity contribution in [3.05, 3.63) is 18.2 Å². The Balaban J connectivity index is 0. The van der Waals surface area contributed by atoms with Gasteiger partial charge in [-0.1, -0.05) is 34.6 Å². The van der Waals surface area contributed by atoms with Gasteiger partial charge in [0, 0.05) is 18.9 Å². The van der Waals surface area contributed by atoms with Crippen molar-refractivity contribution in [3.8, 4) is 0 Å². The third kappa shape index (κ3) is 4.94. The summed E-state index contributed by atoms with van der Waals surface area (Å²) < 4.78 is 2.03. The van der Waals surface area contributed by atoms with E-state index in [0.717, 1.165) is 6.42 Å². The zero-order chi connectivity index (χ0) is 9.98. The molecule has 0 saturated carbocycles. The zero-order valence-corrected chi connectivity index (χ0v) is 9.26. The first-order chi connectivity index (χ1) is 5.84. The fraction of sp³-hybridized carbons (Fsp3) is 0.700. The predicted octanol–water partition coefficient (Wildman–Crippen LogP) is 3.03. The molecule has 0 aromatic carbocycles. The average molecular weight is 170 g/mol. The quantitative estimate of drug-likeness (QED) is 0.633. The van der Waals surface area contributed by atoms with E-state index in [4.69, 9.17) is 0 Å². The SMILES string of the molecule is CC.CC.CCc1cncn1C. The number of aryl methyl sites for hydroxylation is 2. The molecule has 0 aliphatic rings. The Labute approximate surface area is 76.6 Å². The van der Waals surface area contributed by atoms with Crippen molar-refractivity contribution in [2.45, 2.75) is 41.0 Å². The molecule has 1 heterocycles. The molecule has 0 radical (unpaired) electrons. The summed E-state index contributed by atoms with van der Waals surface area (Å²) in [4.78, 5) is 3.96. The first-order valence-electron chi connectivity index (χ1n) is 4.79. The molecule has 1 aromatic heterocycles. The molecule has 0 aliphatic heterocycles. The molecule has 72 valence electrons. The van der Waals surface area contributed by atoms with Gasteiger partial charge in [-0.15, -0.1) is 0 Å². The zero-order valence-electron chi connectivity index (χ0n) is 9.26. The molecule has 0 fully saturated rings. The standard InChI is InChI=1S/C6H10N2.2C2H6/c1-3-6-4-7-5-8(6)2;2*1-2/h4-5H,3H2,1-2H3;2*1-2H3. The second-order valence-electron chi connectivity index (χ2n) is 1.85. The Morgan fingerprint density at radius 2 is 1.75 bits per heavy atom. The third-order valence-corrected chi connectivity index (χ3v) is 1.28. The predicted molar refractivity (Wildman–Crippen MR) is 55.3 cm³/mol. The summed E-state index contributed by atoms with van der Waals surface area (Å²) in [6.07, 6.45) is 4.77. The van der Waals surface area contributed by atoms with E-state index in [1.165, 1.54) is 5.69 Å². The van der Waals surface area contributed by atoms with Crippen LogP contribution in [0.2, 0.25) is 0 Å². The maximum atomic E-state index is 3.96. The molecule has 1 aromatic rings. The molecule has 0 bridgehead atoms. The van der Waals surface area contributed by atoms with Crippen LogP contribution in [-0.2, 0) is 13.5 Å². The number of imidazole rings is 1. The maximum Gasteiger partial charge on any atom is 0.0945 e. The Morgan fingerprint density at radius 3 is 1.92 bits per heavy atom. The number of aromatic nitrogens is 2. The minimum Gasteiger partial charge on any atom is -0.338 e. The summed E-state index contributed by atoms with van der Waals surface area (Å²) in [6.45, 7) is 10.1. The van der Waals surface area contributed by atoms with Crippen molar-refractivity contribution in [2.24, 2.45) is 7.05 Å². The molecule has 0 aliphatic carbocycles. The first-order valence-corrected chi connectivity index (χ1v) is 4.79. The second kappa shape index (κ2) is 10.2. The van der Waals surface area contributed by atoms with Gasteiger partial charge in [0.25, 0.3) is 0 Å². The van der Waals surface area contributed by atoms with Gasteiger partial charge in [0.05, 0.1) is 6.33 Å². The van der Waals surface area contributed by atoms with Gasteiger partial charge >= 0.3 is 0 Å². The molecule has 0 spiro atoms. The van der Waals surface area contributed by atoms with Crippen LogP contribution in [-0.4, -0.2) is 9.55 Å². The second-order valence-corrected chi connectivity index (χ2v) is 1.85. The topological polar surface area (TPSA) is 17.8 Å². The smallest absolute Gasteiger partial charge is 0.0945 e. The lowest BCUT2D eigenvalue weighted by atomic mass is 10.4. The van der Waals surface area contributed by atoms with Gasteiger partial charge in [0.15, 0.2) is 0 Å². The van der Waals surface area contributed by atoms with Gasteiger partial charge in [0.1, 0.15) is 0 Å². The normalized spacial score (nSPS) is 7.50. The van der Waals surface area contributed by atoms with Crippen molar-refractivity contribution in [1.29, 1.82) is 0 Å². The van der Waals surface area contributed by atoms with E-state index in [2.05, 4.69) is 11.9 Å². The number of rotatable bonds is 1. The van der Waals surface area contributed by atoms with E-state index < -0.39 is 0 Å². The minimum atomic E-state index is 1.07. The number of nitrogens with zero attached hydrogens (tertiary/aromatic N) is 2. The summed E-state index contributed by atoms with van der Waals surface area (Å²) in [6, 6.07) is 0. The van der Waals surface area contributed by atoms with Crippen LogP contribution in [0.4, 0.5) is 0 Å². The average Bonchev–Trinajstić information content (AvgIpc) is 2.58. The van der Waals surface area contributed by atoms with Crippen LogP contribution in [0.3, 0.4) is 0 Å². The summed E-state index contributed by atoms with van der Waals surface area (Å²) in [7, 11) is 2.01. The highest BCUT2D eigenvalue weighted by molar-refractivity contribution is 4.95. The fourth-order valence-corrected chi connectivity index (χ4v) is 0.725. The summed E-state index contributed by atoms with van der Waals surface area (Å²) in [5.41, 5.74) is 1.28. The Morgan fingerprint density at radius 1 is 1.25 bits per heavy atom. The molecule has 0 amide bonds. The fourth-order valence-electron chi connectivity index (χ4n) is 0.725. The summed E-state index contributed by atoms with van der Waals surface area (Å²) >= 11 is 0. The lowest BCUT2D eigenvalue weighted by Gasteiger charge is -1.93. The molecule has 0 saturated heterocycles. The highest BCUT2D eigenvalue weighted by atomic mass is 15.0. The van der Waals surface area contributed by atoms with Crippen LogP contribution < -0.4 is 0 Å². The molecule has 12 heavy (non-hydrogen) atoms. The van der Waals surface area contributed by atoms with E-state index >= 15 is 0 Å². The number of hydrogen-bond acceptors (Lipinski definition) is 1. The lowest BCUT2D eigenvalue weighted by molar-refractivity contribution is 0.833. The lowest BCUT2D eigenvalue weighted by Crippen LogP contribution is -1.90. The molecule has 0 atom stereocenters. The van der Waals surface area contributed by atoms with Crippen LogP contribution in [0.1, 0.15) is 40.3 Å². The van der Waals surface area contributed by atoms with E-state index in [1.807, 2.05) is 51.8 Å². The van der Waals surface area contributed by atoms with Gasteiger partial charge in [-0.25, -0.2) is 4.98 Å². The van der Waals surface area contributed by atoms with Crippen molar-refractivity contribution in [2.75, 3.05) is 0 Å². The molecule has 0 N–H and O–H groups in total.